The Labute approximate surface area is 91.2 Å². The van der Waals surface area contributed by atoms with Gasteiger partial charge in [0, 0.05) is 11.3 Å². The Morgan fingerprint density at radius 2 is 2.06 bits per heavy atom. The maximum absolute atomic E-state index is 10.7. The van der Waals surface area contributed by atoms with Crippen molar-refractivity contribution in [2.75, 3.05) is 5.73 Å². The number of benzene rings is 1. The maximum atomic E-state index is 10.7. The third-order valence-corrected chi connectivity index (χ3v) is 2.08. The van der Waals surface area contributed by atoms with Crippen LogP contribution in [0.15, 0.2) is 18.2 Å². The summed E-state index contributed by atoms with van der Waals surface area (Å²) in [6.07, 6.45) is -3.17. The van der Waals surface area contributed by atoms with Crippen molar-refractivity contribution in [3.63, 3.8) is 0 Å². The van der Waals surface area contributed by atoms with Gasteiger partial charge in [-0.05, 0) is 18.2 Å². The Bertz CT molecular complexity index is 453. The number of carboxylic acids is 1. The van der Waals surface area contributed by atoms with Crippen molar-refractivity contribution < 1.29 is 20.1 Å². The highest BCUT2D eigenvalue weighted by atomic mass is 16.4. The van der Waals surface area contributed by atoms with Crippen LogP contribution in [-0.4, -0.2) is 27.4 Å². The molecule has 2 unspecified atom stereocenters. The fourth-order valence-electron chi connectivity index (χ4n) is 1.20. The molecule has 5 N–H and O–H groups in total. The number of carboxylic acid groups (broad SMARTS) is 1. The molecule has 0 saturated carbocycles. The van der Waals surface area contributed by atoms with Crippen LogP contribution >= 0.6 is 0 Å². The number of nitriles is 1. The van der Waals surface area contributed by atoms with E-state index >= 15 is 0 Å². The second-order valence-corrected chi connectivity index (χ2v) is 3.17. The van der Waals surface area contributed by atoms with Gasteiger partial charge in [0.2, 0.25) is 0 Å². The minimum Gasteiger partial charge on any atom is -0.478 e. The number of hydrogen-bond acceptors (Lipinski definition) is 5. The van der Waals surface area contributed by atoms with Crippen LogP contribution in [0.3, 0.4) is 0 Å². The van der Waals surface area contributed by atoms with Gasteiger partial charge >= 0.3 is 5.97 Å². The molecule has 1 aromatic carbocycles. The second-order valence-electron chi connectivity index (χ2n) is 3.17. The van der Waals surface area contributed by atoms with E-state index in [2.05, 4.69) is 0 Å². The number of rotatable bonds is 3. The number of nitrogens with two attached hydrogens (primary N) is 1. The molecule has 16 heavy (non-hydrogen) atoms. The lowest BCUT2D eigenvalue weighted by molar-refractivity contribution is 0.0530. The number of aliphatic hydroxyl groups excluding tert-OH is 2. The predicted octanol–water partition coefficient (Wildman–Crippen LogP) is -0.115. The smallest absolute Gasteiger partial charge is 0.335 e. The zero-order chi connectivity index (χ0) is 12.3. The number of hydrogen-bond donors (Lipinski definition) is 4. The van der Waals surface area contributed by atoms with Gasteiger partial charge in [-0.2, -0.15) is 5.26 Å². The Balaban J connectivity index is 3.17. The average molecular weight is 222 g/mol. The molecule has 0 aromatic heterocycles. The van der Waals surface area contributed by atoms with Gasteiger partial charge in [0.1, 0.15) is 6.10 Å². The molecule has 0 heterocycles. The van der Waals surface area contributed by atoms with Gasteiger partial charge in [0.05, 0.1) is 11.6 Å². The minimum absolute atomic E-state index is 0.0222. The quantitative estimate of drug-likeness (QED) is 0.417. The lowest BCUT2D eigenvalue weighted by atomic mass is 10.0. The molecule has 1 aromatic rings. The van der Waals surface area contributed by atoms with Crippen LogP contribution in [-0.2, 0) is 0 Å². The number of nitrogens with zero attached hydrogens (tertiary/aromatic N) is 1. The van der Waals surface area contributed by atoms with Crippen LogP contribution in [0.4, 0.5) is 5.69 Å². The van der Waals surface area contributed by atoms with Gasteiger partial charge in [-0.15, -0.1) is 0 Å². The lowest BCUT2D eigenvalue weighted by Crippen LogP contribution is -2.17. The molecule has 0 radical (unpaired) electrons. The van der Waals surface area contributed by atoms with E-state index in [1.165, 1.54) is 18.2 Å². The molecule has 0 spiro atoms. The Hall–Kier alpha value is -2.10. The van der Waals surface area contributed by atoms with E-state index in [9.17, 15) is 9.90 Å². The first kappa shape index (κ1) is 12.0. The molecule has 0 amide bonds. The summed E-state index contributed by atoms with van der Waals surface area (Å²) >= 11 is 0. The SMILES string of the molecule is N#CC(O)C(O)c1cc(C(=O)O)ccc1N. The highest BCUT2D eigenvalue weighted by molar-refractivity contribution is 5.88. The van der Waals surface area contributed by atoms with E-state index in [0.717, 1.165) is 6.07 Å². The Morgan fingerprint density at radius 3 is 2.56 bits per heavy atom. The predicted molar refractivity (Wildman–Crippen MR) is 54.4 cm³/mol. The van der Waals surface area contributed by atoms with E-state index in [-0.39, 0.29) is 16.8 Å². The van der Waals surface area contributed by atoms with Crippen molar-refractivity contribution in [3.05, 3.63) is 29.3 Å². The third-order valence-electron chi connectivity index (χ3n) is 2.08. The van der Waals surface area contributed by atoms with Gasteiger partial charge in [0.15, 0.2) is 6.10 Å². The zero-order valence-corrected chi connectivity index (χ0v) is 8.16. The zero-order valence-electron chi connectivity index (χ0n) is 8.16. The third kappa shape index (κ3) is 2.28. The molecule has 6 nitrogen and oxygen atoms in total. The summed E-state index contributed by atoms with van der Waals surface area (Å²) in [5.41, 5.74) is 5.57. The van der Waals surface area contributed by atoms with Crippen molar-refractivity contribution in [2.24, 2.45) is 0 Å². The summed E-state index contributed by atoms with van der Waals surface area (Å²) < 4.78 is 0. The minimum atomic E-state index is -1.65. The summed E-state index contributed by atoms with van der Waals surface area (Å²) in [4.78, 5) is 10.7. The van der Waals surface area contributed by atoms with Crippen molar-refractivity contribution in [1.29, 1.82) is 5.26 Å². The molecule has 0 aliphatic carbocycles. The topological polar surface area (TPSA) is 128 Å². The first-order valence-corrected chi connectivity index (χ1v) is 4.36. The largest absolute Gasteiger partial charge is 0.478 e. The second kappa shape index (κ2) is 4.61. The lowest BCUT2D eigenvalue weighted by Gasteiger charge is -2.14. The highest BCUT2D eigenvalue weighted by Crippen LogP contribution is 2.24. The van der Waals surface area contributed by atoms with Crippen molar-refractivity contribution >= 4 is 11.7 Å². The molecule has 0 aliphatic rings. The van der Waals surface area contributed by atoms with Crippen LogP contribution in [0.1, 0.15) is 22.0 Å². The van der Waals surface area contributed by atoms with Crippen LogP contribution in [0.5, 0.6) is 0 Å². The summed E-state index contributed by atoms with van der Waals surface area (Å²) in [6, 6.07) is 5.14. The molecular weight excluding hydrogens is 212 g/mol. The van der Waals surface area contributed by atoms with E-state index in [0.29, 0.717) is 0 Å². The maximum Gasteiger partial charge on any atom is 0.335 e. The van der Waals surface area contributed by atoms with Gasteiger partial charge in [-0.1, -0.05) is 0 Å². The van der Waals surface area contributed by atoms with Gasteiger partial charge in [0.25, 0.3) is 0 Å². The number of anilines is 1. The van der Waals surface area contributed by atoms with E-state index in [4.69, 9.17) is 21.2 Å². The first-order chi connectivity index (χ1) is 7.47. The van der Waals surface area contributed by atoms with Crippen LogP contribution in [0.2, 0.25) is 0 Å². The van der Waals surface area contributed by atoms with Crippen molar-refractivity contribution in [2.45, 2.75) is 12.2 Å². The monoisotopic (exact) mass is 222 g/mol. The normalized spacial score (nSPS) is 13.8. The van der Waals surface area contributed by atoms with Crippen molar-refractivity contribution in [3.8, 4) is 6.07 Å². The number of aromatic carboxylic acids is 1. The van der Waals surface area contributed by atoms with E-state index in [1.54, 1.807) is 0 Å². The van der Waals surface area contributed by atoms with Gasteiger partial charge < -0.3 is 21.1 Å². The molecule has 6 heteroatoms. The fraction of sp³-hybridized carbons (Fsp3) is 0.200. The number of aliphatic hydroxyl groups is 2. The van der Waals surface area contributed by atoms with Crippen LogP contribution in [0.25, 0.3) is 0 Å². The summed E-state index contributed by atoms with van der Waals surface area (Å²) in [6.45, 7) is 0. The van der Waals surface area contributed by atoms with E-state index < -0.39 is 18.2 Å². The fourth-order valence-corrected chi connectivity index (χ4v) is 1.20. The first-order valence-electron chi connectivity index (χ1n) is 4.36. The molecule has 0 fully saturated rings. The van der Waals surface area contributed by atoms with Crippen LogP contribution < -0.4 is 5.73 Å². The van der Waals surface area contributed by atoms with Gasteiger partial charge in [-0.3, -0.25) is 0 Å². The number of nitrogen functional groups attached to an aromatic ring is 1. The van der Waals surface area contributed by atoms with Crippen LogP contribution in [0, 0.1) is 11.3 Å². The molecule has 1 rings (SSSR count). The molecule has 0 saturated heterocycles. The molecule has 2 atom stereocenters. The van der Waals surface area contributed by atoms with Gasteiger partial charge in [-0.25, -0.2) is 4.79 Å². The summed E-state index contributed by atoms with van der Waals surface area (Å²) in [5, 5.41) is 35.8. The Morgan fingerprint density at radius 1 is 1.44 bits per heavy atom. The van der Waals surface area contributed by atoms with E-state index in [1.807, 2.05) is 0 Å². The average Bonchev–Trinajstić information content (AvgIpc) is 2.27. The summed E-state index contributed by atoms with van der Waals surface area (Å²) in [7, 11) is 0. The standard InChI is InChI=1S/C10H10N2O4/c11-4-8(13)9(14)6-3-5(10(15)16)1-2-7(6)12/h1-3,8-9,13-14H,12H2,(H,15,16). The Kier molecular flexibility index (Phi) is 3.45. The highest BCUT2D eigenvalue weighted by Gasteiger charge is 2.21. The number of carbonyl (C=O) groups is 1. The van der Waals surface area contributed by atoms with Crippen molar-refractivity contribution in [1.82, 2.24) is 0 Å². The molecular formula is C10H10N2O4. The molecule has 0 aliphatic heterocycles. The molecule has 84 valence electrons. The summed E-state index contributed by atoms with van der Waals surface area (Å²) in [5.74, 6) is -1.18. The molecule has 0 bridgehead atoms.